The third kappa shape index (κ3) is 4.72. The van der Waals surface area contributed by atoms with Crippen molar-refractivity contribution in [3.8, 4) is 0 Å². The molecule has 0 saturated heterocycles. The third-order valence-electron chi connectivity index (χ3n) is 3.06. The van der Waals surface area contributed by atoms with E-state index in [2.05, 4.69) is 42.6 Å². The number of aryl methyl sites for hydroxylation is 1. The number of hydrogen-bond acceptors (Lipinski definition) is 4. The molecule has 98 valence electrons. The highest BCUT2D eigenvalue weighted by molar-refractivity contribution is 7.05. The van der Waals surface area contributed by atoms with Crippen molar-refractivity contribution in [2.24, 2.45) is 5.92 Å². The Morgan fingerprint density at radius 1 is 1.29 bits per heavy atom. The molecule has 0 aromatic carbocycles. The zero-order valence-electron chi connectivity index (χ0n) is 11.5. The summed E-state index contributed by atoms with van der Waals surface area (Å²) in [7, 11) is 0. The Morgan fingerprint density at radius 3 is 2.59 bits per heavy atom. The molecule has 0 aliphatic rings. The summed E-state index contributed by atoms with van der Waals surface area (Å²) in [6, 6.07) is 0.441. The fourth-order valence-electron chi connectivity index (χ4n) is 2.17. The monoisotopic (exact) mass is 255 g/mol. The van der Waals surface area contributed by atoms with Crippen molar-refractivity contribution < 1.29 is 0 Å². The zero-order chi connectivity index (χ0) is 12.7. The van der Waals surface area contributed by atoms with Crippen molar-refractivity contribution in [1.29, 1.82) is 0 Å². The maximum atomic E-state index is 4.13. The first kappa shape index (κ1) is 14.6. The quantitative estimate of drug-likeness (QED) is 0.769. The zero-order valence-corrected chi connectivity index (χ0v) is 12.3. The summed E-state index contributed by atoms with van der Waals surface area (Å²) in [5.41, 5.74) is 1.09. The van der Waals surface area contributed by atoms with E-state index in [0.29, 0.717) is 6.04 Å². The van der Waals surface area contributed by atoms with Crippen molar-refractivity contribution in [2.45, 2.75) is 59.4 Å². The molecule has 0 aliphatic carbocycles. The Balaban J connectivity index is 2.63. The Morgan fingerprint density at radius 2 is 2.06 bits per heavy atom. The van der Waals surface area contributed by atoms with Gasteiger partial charge in [0.15, 0.2) is 0 Å². The predicted molar refractivity (Wildman–Crippen MR) is 74.4 cm³/mol. The summed E-state index contributed by atoms with van der Waals surface area (Å²) in [6.07, 6.45) is 4.93. The van der Waals surface area contributed by atoms with Gasteiger partial charge in [-0.2, -0.15) is 0 Å². The van der Waals surface area contributed by atoms with Crippen LogP contribution in [0.4, 0.5) is 0 Å². The van der Waals surface area contributed by atoms with Crippen LogP contribution in [0.3, 0.4) is 0 Å². The minimum atomic E-state index is 0.441. The third-order valence-corrected chi connectivity index (χ3v) is 4.00. The highest BCUT2D eigenvalue weighted by Gasteiger charge is 2.18. The van der Waals surface area contributed by atoms with Crippen LogP contribution >= 0.6 is 11.5 Å². The van der Waals surface area contributed by atoms with Crippen LogP contribution in [0.25, 0.3) is 0 Å². The summed E-state index contributed by atoms with van der Waals surface area (Å²) in [5.74, 6) is 0.760. The van der Waals surface area contributed by atoms with Gasteiger partial charge in [0, 0.05) is 6.04 Å². The molecule has 0 amide bonds. The van der Waals surface area contributed by atoms with E-state index >= 15 is 0 Å². The highest BCUT2D eigenvalue weighted by Crippen LogP contribution is 2.27. The van der Waals surface area contributed by atoms with Crippen LogP contribution in [-0.2, 0) is 0 Å². The van der Waals surface area contributed by atoms with Crippen LogP contribution in [-0.4, -0.2) is 16.1 Å². The van der Waals surface area contributed by atoms with Gasteiger partial charge in [-0.25, -0.2) is 0 Å². The lowest BCUT2D eigenvalue weighted by Gasteiger charge is -2.21. The van der Waals surface area contributed by atoms with Crippen molar-refractivity contribution in [2.75, 3.05) is 6.54 Å². The first-order valence-corrected chi connectivity index (χ1v) is 7.48. The van der Waals surface area contributed by atoms with Crippen LogP contribution in [0.5, 0.6) is 0 Å². The van der Waals surface area contributed by atoms with Crippen molar-refractivity contribution >= 4 is 11.5 Å². The van der Waals surface area contributed by atoms with Gasteiger partial charge in [-0.05, 0) is 43.8 Å². The van der Waals surface area contributed by atoms with E-state index in [-0.39, 0.29) is 0 Å². The Hall–Kier alpha value is -0.480. The van der Waals surface area contributed by atoms with Crippen LogP contribution in [0.1, 0.15) is 63.1 Å². The summed E-state index contributed by atoms with van der Waals surface area (Å²) in [5, 5.41) is 7.76. The molecule has 0 saturated carbocycles. The van der Waals surface area contributed by atoms with Crippen molar-refractivity contribution in [3.63, 3.8) is 0 Å². The van der Waals surface area contributed by atoms with Crippen LogP contribution in [0, 0.1) is 12.8 Å². The number of aromatic nitrogens is 2. The standard InChI is InChI=1S/C13H25N3S/c1-5-7-10(3)9-12(14-8-6-2)13-11(4)15-16-17-13/h10,12,14H,5-9H2,1-4H3. The van der Waals surface area contributed by atoms with E-state index in [1.165, 1.54) is 30.6 Å². The molecule has 3 nitrogen and oxygen atoms in total. The van der Waals surface area contributed by atoms with Gasteiger partial charge in [-0.15, -0.1) is 5.10 Å². The number of rotatable bonds is 8. The first-order valence-electron chi connectivity index (χ1n) is 6.71. The lowest BCUT2D eigenvalue weighted by molar-refractivity contribution is 0.392. The second kappa shape index (κ2) is 7.77. The molecular weight excluding hydrogens is 230 g/mol. The van der Waals surface area contributed by atoms with Gasteiger partial charge in [-0.3, -0.25) is 0 Å². The fraction of sp³-hybridized carbons (Fsp3) is 0.846. The molecule has 1 aromatic rings. The maximum absolute atomic E-state index is 4.13. The van der Waals surface area contributed by atoms with Crippen molar-refractivity contribution in [1.82, 2.24) is 14.9 Å². The van der Waals surface area contributed by atoms with Gasteiger partial charge < -0.3 is 5.32 Å². The van der Waals surface area contributed by atoms with Crippen molar-refractivity contribution in [3.05, 3.63) is 10.6 Å². The lowest BCUT2D eigenvalue weighted by Crippen LogP contribution is -2.24. The van der Waals surface area contributed by atoms with Gasteiger partial charge in [0.25, 0.3) is 0 Å². The van der Waals surface area contributed by atoms with E-state index in [9.17, 15) is 0 Å². The van der Waals surface area contributed by atoms with Gasteiger partial charge in [-0.1, -0.05) is 38.1 Å². The number of hydrogen-bond donors (Lipinski definition) is 1. The van der Waals surface area contributed by atoms with E-state index in [4.69, 9.17) is 0 Å². The van der Waals surface area contributed by atoms with Gasteiger partial charge >= 0.3 is 0 Å². The smallest absolute Gasteiger partial charge is 0.0772 e. The molecule has 1 rings (SSSR count). The molecule has 0 spiro atoms. The van der Waals surface area contributed by atoms with Crippen LogP contribution < -0.4 is 5.32 Å². The summed E-state index contributed by atoms with van der Waals surface area (Å²) in [4.78, 5) is 1.32. The van der Waals surface area contributed by atoms with E-state index in [1.54, 1.807) is 11.5 Å². The molecule has 2 unspecified atom stereocenters. The first-order chi connectivity index (χ1) is 8.19. The molecule has 0 fully saturated rings. The normalized spacial score (nSPS) is 14.8. The second-order valence-corrected chi connectivity index (χ2v) is 5.64. The molecular formula is C13H25N3S. The van der Waals surface area contributed by atoms with E-state index < -0.39 is 0 Å². The minimum absolute atomic E-state index is 0.441. The van der Waals surface area contributed by atoms with E-state index in [0.717, 1.165) is 18.2 Å². The summed E-state index contributed by atoms with van der Waals surface area (Å²) in [6.45, 7) is 9.93. The number of nitrogens with zero attached hydrogens (tertiary/aromatic N) is 2. The SMILES string of the molecule is CCCNC(CC(C)CCC)c1snnc1C. The maximum Gasteiger partial charge on any atom is 0.0772 e. The van der Waals surface area contributed by atoms with Gasteiger partial charge in [0.2, 0.25) is 0 Å². The fourth-order valence-corrected chi connectivity index (χ4v) is 2.90. The summed E-state index contributed by atoms with van der Waals surface area (Å²) < 4.78 is 4.06. The summed E-state index contributed by atoms with van der Waals surface area (Å²) >= 11 is 1.54. The van der Waals surface area contributed by atoms with Gasteiger partial charge in [0.1, 0.15) is 0 Å². The molecule has 0 aliphatic heterocycles. The molecule has 17 heavy (non-hydrogen) atoms. The van der Waals surface area contributed by atoms with E-state index in [1.807, 2.05) is 0 Å². The predicted octanol–water partition coefficient (Wildman–Crippen LogP) is 3.71. The Kier molecular flexibility index (Phi) is 6.66. The molecule has 1 aromatic heterocycles. The molecule has 1 heterocycles. The largest absolute Gasteiger partial charge is 0.309 e. The molecule has 4 heteroatoms. The number of nitrogens with one attached hydrogen (secondary N) is 1. The lowest BCUT2D eigenvalue weighted by atomic mass is 9.96. The van der Waals surface area contributed by atoms with Crippen LogP contribution in [0.2, 0.25) is 0 Å². The molecule has 0 bridgehead atoms. The highest BCUT2D eigenvalue weighted by atomic mass is 32.1. The average Bonchev–Trinajstić information content (AvgIpc) is 2.71. The van der Waals surface area contributed by atoms with Gasteiger partial charge in [0.05, 0.1) is 10.6 Å². The average molecular weight is 255 g/mol. The minimum Gasteiger partial charge on any atom is -0.309 e. The Bertz CT molecular complexity index is 311. The van der Waals surface area contributed by atoms with Crippen LogP contribution in [0.15, 0.2) is 0 Å². The topological polar surface area (TPSA) is 37.8 Å². The molecule has 2 atom stereocenters. The molecule has 0 radical (unpaired) electrons. The molecule has 1 N–H and O–H groups in total. The Labute approximate surface area is 109 Å². The second-order valence-electron chi connectivity index (χ2n) is 4.86.